The zero-order chi connectivity index (χ0) is 16.4. The van der Waals surface area contributed by atoms with Crippen molar-refractivity contribution < 1.29 is 19.2 Å². The molecule has 1 N–H and O–H groups in total. The third-order valence-corrected chi connectivity index (χ3v) is 4.13. The number of aliphatic carboxylic acids is 1. The van der Waals surface area contributed by atoms with E-state index in [1.807, 2.05) is 6.07 Å². The largest absolute Gasteiger partial charge is 0.481 e. The van der Waals surface area contributed by atoms with E-state index in [4.69, 9.17) is 21.2 Å². The molecule has 7 heteroatoms. The molecule has 120 valence electrons. The molecule has 3 rings (SSSR count). The van der Waals surface area contributed by atoms with Gasteiger partial charge in [-0.2, -0.15) is 0 Å². The number of halogens is 1. The van der Waals surface area contributed by atoms with Crippen molar-refractivity contribution in [2.75, 3.05) is 13.1 Å². The number of carbonyl (C=O) groups excluding carboxylic acids is 1. The van der Waals surface area contributed by atoms with E-state index in [0.717, 1.165) is 5.56 Å². The Morgan fingerprint density at radius 3 is 2.91 bits per heavy atom. The van der Waals surface area contributed by atoms with Gasteiger partial charge in [0.05, 0.1) is 5.92 Å². The number of likely N-dealkylation sites (tertiary alicyclic amines) is 1. The maximum absolute atomic E-state index is 12.5. The third-order valence-electron chi connectivity index (χ3n) is 3.90. The van der Waals surface area contributed by atoms with Gasteiger partial charge in [-0.1, -0.05) is 28.9 Å². The lowest BCUT2D eigenvalue weighted by atomic mass is 9.98. The molecule has 0 radical (unpaired) electrons. The van der Waals surface area contributed by atoms with Gasteiger partial charge in [0.1, 0.15) is 5.69 Å². The van der Waals surface area contributed by atoms with Crippen molar-refractivity contribution >= 4 is 23.5 Å². The Labute approximate surface area is 137 Å². The minimum atomic E-state index is -0.875. The van der Waals surface area contributed by atoms with Gasteiger partial charge in [0.15, 0.2) is 0 Å². The average Bonchev–Trinajstić information content (AvgIpc) is 3.04. The molecule has 1 atom stereocenters. The van der Waals surface area contributed by atoms with E-state index in [0.29, 0.717) is 30.1 Å². The van der Waals surface area contributed by atoms with Gasteiger partial charge in [0.2, 0.25) is 5.76 Å². The molecule has 1 fully saturated rings. The molecule has 0 saturated carbocycles. The molecule has 1 aliphatic heterocycles. The van der Waals surface area contributed by atoms with Crippen LogP contribution >= 0.6 is 11.6 Å². The Kier molecular flexibility index (Phi) is 4.34. The highest BCUT2D eigenvalue weighted by Crippen LogP contribution is 2.24. The number of aromatic nitrogens is 1. The highest BCUT2D eigenvalue weighted by atomic mass is 35.5. The number of benzene rings is 1. The summed E-state index contributed by atoms with van der Waals surface area (Å²) in [5.74, 6) is -1.63. The fraction of sp³-hybridized carbons (Fsp3) is 0.312. The second-order valence-corrected chi connectivity index (χ2v) is 5.95. The number of carbonyl (C=O) groups is 2. The first-order valence-electron chi connectivity index (χ1n) is 7.29. The molecule has 6 nitrogen and oxygen atoms in total. The van der Waals surface area contributed by atoms with Gasteiger partial charge in [-0.25, -0.2) is 0 Å². The molecule has 1 aromatic heterocycles. The van der Waals surface area contributed by atoms with E-state index in [2.05, 4.69) is 5.16 Å². The van der Waals surface area contributed by atoms with Gasteiger partial charge in [0, 0.05) is 29.7 Å². The molecule has 1 amide bonds. The summed E-state index contributed by atoms with van der Waals surface area (Å²) in [6.07, 6.45) is 1.25. The summed E-state index contributed by atoms with van der Waals surface area (Å²) < 4.78 is 5.14. The number of nitrogens with zero attached hydrogens (tertiary/aromatic N) is 2. The van der Waals surface area contributed by atoms with Crippen molar-refractivity contribution in [2.24, 2.45) is 5.92 Å². The molecule has 0 bridgehead atoms. The molecule has 23 heavy (non-hydrogen) atoms. The predicted octanol–water partition coefficient (Wildman–Crippen LogP) is 2.93. The van der Waals surface area contributed by atoms with E-state index >= 15 is 0 Å². The van der Waals surface area contributed by atoms with E-state index in [1.54, 1.807) is 24.3 Å². The van der Waals surface area contributed by atoms with Crippen LogP contribution in [0.15, 0.2) is 34.9 Å². The van der Waals surface area contributed by atoms with E-state index in [-0.39, 0.29) is 18.2 Å². The molecule has 1 aromatic carbocycles. The lowest BCUT2D eigenvalue weighted by molar-refractivity contribution is -0.143. The Morgan fingerprint density at radius 1 is 1.35 bits per heavy atom. The molecular weight excluding hydrogens is 320 g/mol. The molecular formula is C16H15ClN2O4. The number of hydrogen-bond donors (Lipinski definition) is 1. The second-order valence-electron chi connectivity index (χ2n) is 5.52. The van der Waals surface area contributed by atoms with Crippen LogP contribution in [-0.4, -0.2) is 40.1 Å². The maximum atomic E-state index is 12.5. The van der Waals surface area contributed by atoms with Crippen LogP contribution in [0.25, 0.3) is 11.3 Å². The predicted molar refractivity (Wildman–Crippen MR) is 83.2 cm³/mol. The van der Waals surface area contributed by atoms with Crippen LogP contribution in [0.2, 0.25) is 5.02 Å². The third kappa shape index (κ3) is 3.37. The molecule has 0 aliphatic carbocycles. The van der Waals surface area contributed by atoms with Gasteiger partial charge >= 0.3 is 5.97 Å². The summed E-state index contributed by atoms with van der Waals surface area (Å²) in [5.41, 5.74) is 1.27. The monoisotopic (exact) mass is 334 g/mol. The van der Waals surface area contributed by atoms with Gasteiger partial charge in [0.25, 0.3) is 5.91 Å². The summed E-state index contributed by atoms with van der Waals surface area (Å²) >= 11 is 5.94. The number of amides is 1. The average molecular weight is 335 g/mol. The molecule has 2 heterocycles. The number of carboxylic acid groups (broad SMARTS) is 1. The normalized spacial score (nSPS) is 18.0. The Balaban J connectivity index is 1.77. The summed E-state index contributed by atoms with van der Waals surface area (Å²) in [6.45, 7) is 0.719. The van der Waals surface area contributed by atoms with Crippen LogP contribution in [0.3, 0.4) is 0 Å². The second kappa shape index (κ2) is 6.42. The summed E-state index contributed by atoms with van der Waals surface area (Å²) in [4.78, 5) is 25.1. The number of rotatable bonds is 3. The van der Waals surface area contributed by atoms with E-state index < -0.39 is 11.9 Å². The maximum Gasteiger partial charge on any atom is 0.308 e. The van der Waals surface area contributed by atoms with Crippen molar-refractivity contribution in [3.63, 3.8) is 0 Å². The fourth-order valence-corrected chi connectivity index (χ4v) is 2.87. The standard InChI is InChI=1S/C16H15ClN2O4/c17-12-5-1-3-10(7-12)13-8-14(23-18-13)15(20)19-6-2-4-11(9-19)16(21)22/h1,3,5,7-8,11H,2,4,6,9H2,(H,21,22)/t11-/m1/s1. The first kappa shape index (κ1) is 15.6. The van der Waals surface area contributed by atoms with Crippen LogP contribution in [0.4, 0.5) is 0 Å². The minimum Gasteiger partial charge on any atom is -0.481 e. The van der Waals surface area contributed by atoms with Gasteiger partial charge in [-0.3, -0.25) is 9.59 Å². The highest BCUT2D eigenvalue weighted by Gasteiger charge is 2.30. The molecule has 2 aromatic rings. The van der Waals surface area contributed by atoms with Crippen LogP contribution in [0.5, 0.6) is 0 Å². The Hall–Kier alpha value is -2.34. The van der Waals surface area contributed by atoms with Gasteiger partial charge in [-0.15, -0.1) is 0 Å². The van der Waals surface area contributed by atoms with Crippen molar-refractivity contribution in [2.45, 2.75) is 12.8 Å². The van der Waals surface area contributed by atoms with Crippen molar-refractivity contribution in [3.05, 3.63) is 41.1 Å². The molecule has 1 saturated heterocycles. The van der Waals surface area contributed by atoms with E-state index in [9.17, 15) is 9.59 Å². The lowest BCUT2D eigenvalue weighted by Crippen LogP contribution is -2.42. The quantitative estimate of drug-likeness (QED) is 0.933. The number of carboxylic acids is 1. The number of piperidine rings is 1. The van der Waals surface area contributed by atoms with Gasteiger partial charge in [-0.05, 0) is 25.0 Å². The summed E-state index contributed by atoms with van der Waals surface area (Å²) in [6, 6.07) is 8.64. The zero-order valence-electron chi connectivity index (χ0n) is 12.2. The van der Waals surface area contributed by atoms with Crippen LogP contribution in [-0.2, 0) is 4.79 Å². The first-order chi connectivity index (χ1) is 11.0. The Morgan fingerprint density at radius 2 is 2.17 bits per heavy atom. The van der Waals surface area contributed by atoms with Crippen molar-refractivity contribution in [3.8, 4) is 11.3 Å². The highest BCUT2D eigenvalue weighted by molar-refractivity contribution is 6.30. The molecule has 0 spiro atoms. The van der Waals surface area contributed by atoms with Crippen molar-refractivity contribution in [1.29, 1.82) is 0 Å². The molecule has 0 unspecified atom stereocenters. The van der Waals surface area contributed by atoms with Crippen LogP contribution < -0.4 is 0 Å². The number of hydrogen-bond acceptors (Lipinski definition) is 4. The minimum absolute atomic E-state index is 0.103. The van der Waals surface area contributed by atoms with Crippen molar-refractivity contribution in [1.82, 2.24) is 10.1 Å². The van der Waals surface area contributed by atoms with Crippen LogP contribution in [0.1, 0.15) is 23.4 Å². The fourth-order valence-electron chi connectivity index (χ4n) is 2.68. The zero-order valence-corrected chi connectivity index (χ0v) is 13.0. The van der Waals surface area contributed by atoms with Crippen LogP contribution in [0, 0.1) is 5.92 Å². The smallest absolute Gasteiger partial charge is 0.308 e. The Bertz CT molecular complexity index is 743. The summed E-state index contributed by atoms with van der Waals surface area (Å²) in [5, 5.41) is 13.6. The summed E-state index contributed by atoms with van der Waals surface area (Å²) in [7, 11) is 0. The lowest BCUT2D eigenvalue weighted by Gasteiger charge is -2.29. The topological polar surface area (TPSA) is 83.6 Å². The first-order valence-corrected chi connectivity index (χ1v) is 7.67. The van der Waals surface area contributed by atoms with Gasteiger partial charge < -0.3 is 14.5 Å². The molecule has 1 aliphatic rings. The SMILES string of the molecule is O=C(O)[C@@H]1CCCN(C(=O)c2cc(-c3cccc(Cl)c3)no2)C1. The van der Waals surface area contributed by atoms with E-state index in [1.165, 1.54) is 4.90 Å².